The number of methoxy groups -OCH3 is 1. The highest BCUT2D eigenvalue weighted by atomic mass is 16.5. The van der Waals surface area contributed by atoms with Crippen molar-refractivity contribution < 1.29 is 9.47 Å². The molecule has 200 valence electrons. The molecule has 0 bridgehead atoms. The summed E-state index contributed by atoms with van der Waals surface area (Å²) in [6, 6.07) is 16.0. The molecule has 3 heterocycles. The van der Waals surface area contributed by atoms with Crippen LogP contribution in [0.2, 0.25) is 0 Å². The fraction of sp³-hybridized carbons (Fsp3) is 0.448. The molecule has 5 rings (SSSR count). The molecule has 0 amide bonds. The van der Waals surface area contributed by atoms with Crippen LogP contribution in [-0.4, -0.2) is 49.9 Å². The normalized spacial score (nSPS) is 16.4. The van der Waals surface area contributed by atoms with E-state index in [-0.39, 0.29) is 17.7 Å². The van der Waals surface area contributed by atoms with Gasteiger partial charge in [-0.1, -0.05) is 49.7 Å². The van der Waals surface area contributed by atoms with Gasteiger partial charge in [0, 0.05) is 30.8 Å². The Morgan fingerprint density at radius 2 is 2.03 bits per heavy atom. The van der Waals surface area contributed by atoms with Crippen LogP contribution in [0.3, 0.4) is 0 Å². The van der Waals surface area contributed by atoms with E-state index in [0.29, 0.717) is 25.2 Å². The van der Waals surface area contributed by atoms with Gasteiger partial charge in [0.1, 0.15) is 5.75 Å². The maximum atomic E-state index is 13.3. The minimum atomic E-state index is -0.103. The first-order chi connectivity index (χ1) is 18.6. The Morgan fingerprint density at radius 1 is 1.18 bits per heavy atom. The number of benzene rings is 2. The van der Waals surface area contributed by atoms with Gasteiger partial charge in [0.05, 0.1) is 31.3 Å². The number of aryl methyl sites for hydroxylation is 1. The number of fused-ring (bicyclic) bond motifs is 1. The number of ether oxygens (including phenoxy) is 2. The molecule has 2 aromatic heterocycles. The summed E-state index contributed by atoms with van der Waals surface area (Å²) in [6.45, 7) is 6.60. The van der Waals surface area contributed by atoms with Gasteiger partial charge in [-0.3, -0.25) is 9.69 Å². The molecule has 0 radical (unpaired) electrons. The van der Waals surface area contributed by atoms with E-state index in [1.165, 1.54) is 0 Å². The molecule has 1 aliphatic heterocycles. The number of rotatable bonds is 11. The van der Waals surface area contributed by atoms with Crippen LogP contribution < -0.4 is 10.3 Å². The number of aromatic amines is 1. The molecule has 0 unspecified atom stereocenters. The van der Waals surface area contributed by atoms with Crippen LogP contribution in [0.4, 0.5) is 0 Å². The summed E-state index contributed by atoms with van der Waals surface area (Å²) < 4.78 is 13.4. The summed E-state index contributed by atoms with van der Waals surface area (Å²) >= 11 is 0. The molecule has 1 N–H and O–H groups in total. The van der Waals surface area contributed by atoms with Crippen molar-refractivity contribution >= 4 is 10.9 Å². The third-order valence-corrected chi connectivity index (χ3v) is 7.37. The largest absolute Gasteiger partial charge is 0.496 e. The van der Waals surface area contributed by atoms with Crippen LogP contribution >= 0.6 is 0 Å². The number of nitrogens with one attached hydrogen (secondary N) is 1. The standard InChI is InChI=1S/C29H36N6O3/c1-4-9-25(28-31-32-33-35(28)19-24-13-8-15-38-24)34(17-22-11-5-6-14-26(22)37-3)18-23-16-21-12-7-10-20(2)27(21)30-29(23)36/h5-7,10-12,14,16,24-25H,4,8-9,13,15,17-19H2,1-3H3,(H,30,36)/t24-,25+/m1/s1. The van der Waals surface area contributed by atoms with E-state index in [9.17, 15) is 4.79 Å². The lowest BCUT2D eigenvalue weighted by atomic mass is 10.0. The second-order valence-corrected chi connectivity index (χ2v) is 10.0. The second-order valence-electron chi connectivity index (χ2n) is 10.0. The van der Waals surface area contributed by atoms with Crippen LogP contribution in [-0.2, 0) is 24.4 Å². The molecule has 2 atom stereocenters. The van der Waals surface area contributed by atoms with E-state index in [1.807, 2.05) is 54.1 Å². The van der Waals surface area contributed by atoms with Gasteiger partial charge in [-0.2, -0.15) is 0 Å². The predicted octanol–water partition coefficient (Wildman–Crippen LogP) is 4.55. The van der Waals surface area contributed by atoms with Gasteiger partial charge in [0.15, 0.2) is 5.82 Å². The first kappa shape index (κ1) is 26.1. The van der Waals surface area contributed by atoms with Crippen molar-refractivity contribution in [1.29, 1.82) is 0 Å². The Morgan fingerprint density at radius 3 is 2.82 bits per heavy atom. The highest BCUT2D eigenvalue weighted by molar-refractivity contribution is 5.81. The number of pyridine rings is 1. The van der Waals surface area contributed by atoms with Crippen molar-refractivity contribution in [2.45, 2.75) is 71.3 Å². The van der Waals surface area contributed by atoms with Crippen molar-refractivity contribution in [3.05, 3.63) is 81.4 Å². The minimum absolute atomic E-state index is 0.0778. The van der Waals surface area contributed by atoms with E-state index in [0.717, 1.165) is 65.9 Å². The van der Waals surface area contributed by atoms with Gasteiger partial charge in [0.2, 0.25) is 0 Å². The Bertz CT molecular complexity index is 1430. The van der Waals surface area contributed by atoms with Crippen LogP contribution in [0.5, 0.6) is 5.75 Å². The van der Waals surface area contributed by atoms with Crippen molar-refractivity contribution in [2.24, 2.45) is 0 Å². The van der Waals surface area contributed by atoms with Crippen molar-refractivity contribution in [1.82, 2.24) is 30.1 Å². The minimum Gasteiger partial charge on any atom is -0.496 e. The third kappa shape index (κ3) is 5.63. The number of hydrogen-bond donors (Lipinski definition) is 1. The number of nitrogens with zero attached hydrogens (tertiary/aromatic N) is 5. The maximum Gasteiger partial charge on any atom is 0.252 e. The van der Waals surface area contributed by atoms with Crippen LogP contribution in [0.15, 0.2) is 53.3 Å². The summed E-state index contributed by atoms with van der Waals surface area (Å²) in [5.41, 5.74) is 3.60. The first-order valence-corrected chi connectivity index (χ1v) is 13.4. The van der Waals surface area contributed by atoms with Crippen LogP contribution in [0, 0.1) is 6.92 Å². The van der Waals surface area contributed by atoms with E-state index in [2.05, 4.69) is 38.4 Å². The highest BCUT2D eigenvalue weighted by Crippen LogP contribution is 2.31. The van der Waals surface area contributed by atoms with Gasteiger partial charge < -0.3 is 14.5 Å². The monoisotopic (exact) mass is 516 g/mol. The average molecular weight is 517 g/mol. The van der Waals surface area contributed by atoms with Gasteiger partial charge in [0.25, 0.3) is 5.56 Å². The Hall–Kier alpha value is -3.56. The summed E-state index contributed by atoms with van der Waals surface area (Å²) in [7, 11) is 1.69. The van der Waals surface area contributed by atoms with Gasteiger partial charge in [-0.25, -0.2) is 4.68 Å². The maximum absolute atomic E-state index is 13.3. The third-order valence-electron chi connectivity index (χ3n) is 7.37. The number of aromatic nitrogens is 5. The lowest BCUT2D eigenvalue weighted by Crippen LogP contribution is -2.33. The molecule has 2 aromatic carbocycles. The molecule has 0 spiro atoms. The Labute approximate surface area is 222 Å². The molecule has 0 saturated carbocycles. The van der Waals surface area contributed by atoms with E-state index >= 15 is 0 Å². The number of H-pyrrole nitrogens is 1. The van der Waals surface area contributed by atoms with Gasteiger partial charge in [-0.15, -0.1) is 5.10 Å². The lowest BCUT2D eigenvalue weighted by molar-refractivity contribution is 0.0884. The van der Waals surface area contributed by atoms with Gasteiger partial charge >= 0.3 is 0 Å². The highest BCUT2D eigenvalue weighted by Gasteiger charge is 2.29. The summed E-state index contributed by atoms with van der Waals surface area (Å²) in [6.07, 6.45) is 3.96. The predicted molar refractivity (Wildman–Crippen MR) is 146 cm³/mol. The molecule has 9 heteroatoms. The fourth-order valence-electron chi connectivity index (χ4n) is 5.40. The zero-order valence-corrected chi connectivity index (χ0v) is 22.4. The smallest absolute Gasteiger partial charge is 0.252 e. The number of tetrazole rings is 1. The molecule has 1 aliphatic rings. The molecular formula is C29H36N6O3. The molecule has 9 nitrogen and oxygen atoms in total. The number of para-hydroxylation sites is 2. The molecule has 38 heavy (non-hydrogen) atoms. The zero-order chi connectivity index (χ0) is 26.5. The van der Waals surface area contributed by atoms with Crippen molar-refractivity contribution in [3.63, 3.8) is 0 Å². The van der Waals surface area contributed by atoms with Crippen molar-refractivity contribution in [3.8, 4) is 5.75 Å². The summed E-state index contributed by atoms with van der Waals surface area (Å²) in [5.74, 6) is 1.61. The SMILES string of the molecule is CCC[C@@H](c1nnnn1C[C@H]1CCCO1)N(Cc1ccccc1OC)Cc1cc2cccc(C)c2[nH]c1=O. The molecule has 0 aliphatic carbocycles. The van der Waals surface area contributed by atoms with Crippen LogP contribution in [0.25, 0.3) is 10.9 Å². The second kappa shape index (κ2) is 11.9. The molecule has 1 saturated heterocycles. The van der Waals surface area contributed by atoms with E-state index in [1.54, 1.807) is 7.11 Å². The average Bonchev–Trinajstić information content (AvgIpc) is 3.61. The first-order valence-electron chi connectivity index (χ1n) is 13.4. The zero-order valence-electron chi connectivity index (χ0n) is 22.4. The van der Waals surface area contributed by atoms with E-state index < -0.39 is 0 Å². The number of hydrogen-bond acceptors (Lipinski definition) is 7. The molecule has 4 aromatic rings. The summed E-state index contributed by atoms with van der Waals surface area (Å²) in [5, 5.41) is 13.9. The lowest BCUT2D eigenvalue weighted by Gasteiger charge is -2.31. The van der Waals surface area contributed by atoms with Crippen LogP contribution in [0.1, 0.15) is 61.2 Å². The molecule has 1 fully saturated rings. The Balaban J connectivity index is 1.54. The quantitative estimate of drug-likeness (QED) is 0.312. The van der Waals surface area contributed by atoms with E-state index in [4.69, 9.17) is 9.47 Å². The van der Waals surface area contributed by atoms with Crippen molar-refractivity contribution in [2.75, 3.05) is 13.7 Å². The topological polar surface area (TPSA) is 98.2 Å². The van der Waals surface area contributed by atoms with Gasteiger partial charge in [-0.05, 0) is 59.7 Å². The summed E-state index contributed by atoms with van der Waals surface area (Å²) in [4.78, 5) is 18.7. The molecular weight excluding hydrogens is 480 g/mol. The Kier molecular flexibility index (Phi) is 8.14. The fourth-order valence-corrected chi connectivity index (χ4v) is 5.40.